The molecule has 0 fully saturated rings. The molecule has 0 bridgehead atoms. The summed E-state index contributed by atoms with van der Waals surface area (Å²) in [5.41, 5.74) is 0.842. The molecule has 0 aliphatic carbocycles. The minimum Gasteiger partial charge on any atom is -0.311 e. The first-order chi connectivity index (χ1) is 11.1. The molecule has 0 spiro atoms. The fourth-order valence-corrected chi connectivity index (χ4v) is 2.49. The summed E-state index contributed by atoms with van der Waals surface area (Å²) >= 11 is 5.76. The second-order valence-electron chi connectivity index (χ2n) is 5.03. The SMILES string of the molecule is O=C(CCC(=O)n1ccc2ccccc21)Nc1cccc(Cl)n1. The molecule has 2 aromatic heterocycles. The minimum atomic E-state index is -0.274. The number of amides is 1. The molecule has 1 amide bonds. The van der Waals surface area contributed by atoms with Gasteiger partial charge in [0.1, 0.15) is 11.0 Å². The Morgan fingerprint density at radius 2 is 1.87 bits per heavy atom. The van der Waals surface area contributed by atoms with Gasteiger partial charge in [0.25, 0.3) is 0 Å². The Morgan fingerprint density at radius 3 is 2.70 bits per heavy atom. The van der Waals surface area contributed by atoms with Crippen LogP contribution in [0.4, 0.5) is 5.82 Å². The van der Waals surface area contributed by atoms with Crippen LogP contribution in [-0.4, -0.2) is 21.4 Å². The second kappa shape index (κ2) is 6.62. The van der Waals surface area contributed by atoms with Gasteiger partial charge in [0.05, 0.1) is 5.52 Å². The van der Waals surface area contributed by atoms with Gasteiger partial charge in [0, 0.05) is 24.4 Å². The summed E-state index contributed by atoms with van der Waals surface area (Å²) in [5.74, 6) is -0.0219. The molecule has 0 atom stereocenters. The number of benzene rings is 1. The molecule has 3 aromatic rings. The second-order valence-corrected chi connectivity index (χ2v) is 5.42. The number of hydrogen-bond acceptors (Lipinski definition) is 3. The number of nitrogens with one attached hydrogen (secondary N) is 1. The number of para-hydroxylation sites is 1. The molecule has 2 heterocycles. The predicted octanol–water partition coefficient (Wildman–Crippen LogP) is 3.75. The van der Waals surface area contributed by atoms with E-state index in [2.05, 4.69) is 10.3 Å². The molecule has 1 N–H and O–H groups in total. The van der Waals surface area contributed by atoms with Crippen molar-refractivity contribution in [1.82, 2.24) is 9.55 Å². The Kier molecular flexibility index (Phi) is 4.39. The third-order valence-corrected chi connectivity index (χ3v) is 3.63. The summed E-state index contributed by atoms with van der Waals surface area (Å²) in [5, 5.41) is 3.92. The highest BCUT2D eigenvalue weighted by atomic mass is 35.5. The lowest BCUT2D eigenvalue weighted by molar-refractivity contribution is -0.116. The van der Waals surface area contributed by atoms with Crippen LogP contribution in [0, 0.1) is 0 Å². The van der Waals surface area contributed by atoms with Crippen LogP contribution in [0.25, 0.3) is 10.9 Å². The van der Waals surface area contributed by atoms with Gasteiger partial charge in [-0.3, -0.25) is 14.2 Å². The highest BCUT2D eigenvalue weighted by Gasteiger charge is 2.11. The first kappa shape index (κ1) is 15.2. The van der Waals surface area contributed by atoms with Crippen LogP contribution >= 0.6 is 11.6 Å². The largest absolute Gasteiger partial charge is 0.311 e. The molecule has 0 aliphatic heterocycles. The molecule has 5 nitrogen and oxygen atoms in total. The predicted molar refractivity (Wildman–Crippen MR) is 89.7 cm³/mol. The number of nitrogens with zero attached hydrogens (tertiary/aromatic N) is 2. The van der Waals surface area contributed by atoms with Crippen molar-refractivity contribution in [2.45, 2.75) is 12.8 Å². The van der Waals surface area contributed by atoms with Crippen LogP contribution in [0.5, 0.6) is 0 Å². The molecule has 0 unspecified atom stereocenters. The summed E-state index contributed by atoms with van der Waals surface area (Å²) in [6.07, 6.45) is 1.92. The van der Waals surface area contributed by atoms with Gasteiger partial charge >= 0.3 is 0 Å². The zero-order valence-corrected chi connectivity index (χ0v) is 13.0. The Morgan fingerprint density at radius 1 is 1.04 bits per heavy atom. The van der Waals surface area contributed by atoms with E-state index in [1.54, 1.807) is 29.0 Å². The van der Waals surface area contributed by atoms with Gasteiger partial charge in [-0.05, 0) is 24.3 Å². The number of pyridine rings is 1. The molecule has 23 heavy (non-hydrogen) atoms. The molecular formula is C17H14ClN3O2. The molecule has 116 valence electrons. The summed E-state index contributed by atoms with van der Waals surface area (Å²) in [6.45, 7) is 0. The number of halogens is 1. The number of carbonyl (C=O) groups is 2. The van der Waals surface area contributed by atoms with Crippen molar-refractivity contribution in [1.29, 1.82) is 0 Å². The van der Waals surface area contributed by atoms with Crippen LogP contribution in [0.3, 0.4) is 0 Å². The van der Waals surface area contributed by atoms with E-state index in [0.717, 1.165) is 10.9 Å². The van der Waals surface area contributed by atoms with Crippen LogP contribution in [-0.2, 0) is 4.79 Å². The van der Waals surface area contributed by atoms with Crippen molar-refractivity contribution in [3.8, 4) is 0 Å². The maximum absolute atomic E-state index is 12.3. The highest BCUT2D eigenvalue weighted by molar-refractivity contribution is 6.29. The zero-order chi connectivity index (χ0) is 16.2. The van der Waals surface area contributed by atoms with Crippen molar-refractivity contribution < 1.29 is 9.59 Å². The van der Waals surface area contributed by atoms with E-state index in [1.807, 2.05) is 30.3 Å². The van der Waals surface area contributed by atoms with Crippen LogP contribution in [0.15, 0.2) is 54.7 Å². The average molecular weight is 328 g/mol. The molecule has 0 aliphatic rings. The smallest absolute Gasteiger partial charge is 0.231 e. The maximum atomic E-state index is 12.3. The zero-order valence-electron chi connectivity index (χ0n) is 12.2. The highest BCUT2D eigenvalue weighted by Crippen LogP contribution is 2.16. The van der Waals surface area contributed by atoms with E-state index in [-0.39, 0.29) is 24.7 Å². The Hall–Kier alpha value is -2.66. The molecule has 1 aromatic carbocycles. The van der Waals surface area contributed by atoms with Crippen LogP contribution < -0.4 is 5.32 Å². The molecule has 3 rings (SSSR count). The number of anilines is 1. The van der Waals surface area contributed by atoms with Gasteiger partial charge in [-0.2, -0.15) is 0 Å². The normalized spacial score (nSPS) is 10.7. The lowest BCUT2D eigenvalue weighted by Gasteiger charge is -2.06. The molecule has 6 heteroatoms. The third-order valence-electron chi connectivity index (χ3n) is 3.42. The molecule has 0 saturated heterocycles. The van der Waals surface area contributed by atoms with Gasteiger partial charge in [-0.15, -0.1) is 0 Å². The maximum Gasteiger partial charge on any atom is 0.231 e. The van der Waals surface area contributed by atoms with E-state index in [0.29, 0.717) is 11.0 Å². The molecular weight excluding hydrogens is 314 g/mol. The average Bonchev–Trinajstić information content (AvgIpc) is 2.97. The van der Waals surface area contributed by atoms with Gasteiger partial charge < -0.3 is 5.32 Å². The van der Waals surface area contributed by atoms with Crippen molar-refractivity contribution in [2.24, 2.45) is 0 Å². The van der Waals surface area contributed by atoms with Crippen molar-refractivity contribution in [3.05, 3.63) is 59.9 Å². The third kappa shape index (κ3) is 3.57. The lowest BCUT2D eigenvalue weighted by Crippen LogP contribution is -2.16. The van der Waals surface area contributed by atoms with Gasteiger partial charge in [-0.1, -0.05) is 35.9 Å². The van der Waals surface area contributed by atoms with Gasteiger partial charge in [0.2, 0.25) is 11.8 Å². The summed E-state index contributed by atoms with van der Waals surface area (Å²) in [7, 11) is 0. The number of carbonyl (C=O) groups excluding carboxylic acids is 2. The fraction of sp³-hybridized carbons (Fsp3) is 0.118. The first-order valence-corrected chi connectivity index (χ1v) is 7.53. The number of aromatic nitrogens is 2. The Labute approximate surface area is 137 Å². The van der Waals surface area contributed by atoms with E-state index >= 15 is 0 Å². The number of fused-ring (bicyclic) bond motifs is 1. The van der Waals surface area contributed by atoms with E-state index in [1.165, 1.54) is 0 Å². The van der Waals surface area contributed by atoms with Crippen molar-refractivity contribution in [2.75, 3.05) is 5.32 Å². The lowest BCUT2D eigenvalue weighted by atomic mass is 10.2. The van der Waals surface area contributed by atoms with Crippen molar-refractivity contribution >= 4 is 40.1 Å². The summed E-state index contributed by atoms with van der Waals surface area (Å²) in [6, 6.07) is 14.5. The molecule has 0 radical (unpaired) electrons. The molecule has 0 saturated carbocycles. The minimum absolute atomic E-state index is 0.0829. The first-order valence-electron chi connectivity index (χ1n) is 7.15. The number of rotatable bonds is 4. The van der Waals surface area contributed by atoms with E-state index < -0.39 is 0 Å². The Balaban J connectivity index is 1.61. The van der Waals surface area contributed by atoms with Crippen LogP contribution in [0.1, 0.15) is 17.6 Å². The topological polar surface area (TPSA) is 64.0 Å². The standard InChI is InChI=1S/C17H14ClN3O2/c18-14-6-3-7-15(19-14)20-16(22)8-9-17(23)21-11-10-12-4-1-2-5-13(12)21/h1-7,10-11H,8-9H2,(H,19,20,22). The summed E-state index contributed by atoms with van der Waals surface area (Å²) < 4.78 is 1.57. The quantitative estimate of drug-likeness (QED) is 0.742. The van der Waals surface area contributed by atoms with E-state index in [9.17, 15) is 9.59 Å². The van der Waals surface area contributed by atoms with Crippen molar-refractivity contribution in [3.63, 3.8) is 0 Å². The monoisotopic (exact) mass is 327 g/mol. The van der Waals surface area contributed by atoms with Crippen LogP contribution in [0.2, 0.25) is 5.15 Å². The Bertz CT molecular complexity index is 873. The fourth-order valence-electron chi connectivity index (χ4n) is 2.32. The van der Waals surface area contributed by atoms with E-state index in [4.69, 9.17) is 11.6 Å². The van der Waals surface area contributed by atoms with Gasteiger partial charge in [0.15, 0.2) is 0 Å². The summed E-state index contributed by atoms with van der Waals surface area (Å²) in [4.78, 5) is 28.2. The number of hydrogen-bond donors (Lipinski definition) is 1. The van der Waals surface area contributed by atoms with Gasteiger partial charge in [-0.25, -0.2) is 4.98 Å².